The lowest BCUT2D eigenvalue weighted by molar-refractivity contribution is 0.102. The Labute approximate surface area is 216 Å². The van der Waals surface area contributed by atoms with E-state index >= 15 is 0 Å². The molecule has 2 aromatic carbocycles. The molecule has 1 saturated heterocycles. The molecule has 3 heterocycles. The van der Waals surface area contributed by atoms with Gasteiger partial charge in [0, 0.05) is 41.3 Å². The van der Waals surface area contributed by atoms with Crippen molar-refractivity contribution in [1.82, 2.24) is 9.97 Å². The van der Waals surface area contributed by atoms with Crippen molar-refractivity contribution in [2.75, 3.05) is 21.9 Å². The lowest BCUT2D eigenvalue weighted by Crippen LogP contribution is -2.20. The number of halogens is 2. The number of fused-ring (bicyclic) bond motifs is 1. The smallest absolute Gasteiger partial charge is 0.258 e. The summed E-state index contributed by atoms with van der Waals surface area (Å²) in [4.78, 5) is 21.5. The third-order valence-electron chi connectivity index (χ3n) is 5.40. The Morgan fingerprint density at radius 2 is 2.00 bits per heavy atom. The number of benzene rings is 2. The van der Waals surface area contributed by atoms with E-state index in [9.17, 15) is 13.4 Å². The topological polar surface area (TPSA) is 75.2 Å². The van der Waals surface area contributed by atoms with Gasteiger partial charge in [0.05, 0.1) is 27.5 Å². The average Bonchev–Trinajstić information content (AvgIpc) is 3.31. The van der Waals surface area contributed by atoms with Crippen molar-refractivity contribution in [2.45, 2.75) is 13.3 Å². The molecule has 0 bridgehead atoms. The summed E-state index contributed by atoms with van der Waals surface area (Å²) in [5, 5.41) is 4.10. The highest BCUT2D eigenvalue weighted by Crippen LogP contribution is 2.31. The van der Waals surface area contributed by atoms with E-state index in [1.165, 1.54) is 12.1 Å². The number of carbonyl (C=O) groups excluding carboxylic acids is 1. The van der Waals surface area contributed by atoms with E-state index in [1.54, 1.807) is 47.0 Å². The van der Waals surface area contributed by atoms with Gasteiger partial charge >= 0.3 is 0 Å². The van der Waals surface area contributed by atoms with Gasteiger partial charge < -0.3 is 5.32 Å². The molecule has 1 fully saturated rings. The van der Waals surface area contributed by atoms with E-state index < -0.39 is 22.7 Å². The first-order valence-corrected chi connectivity index (χ1v) is 12.9. The zero-order chi connectivity index (χ0) is 25.7. The Kier molecular flexibility index (Phi) is 8.07. The summed E-state index contributed by atoms with van der Waals surface area (Å²) in [6.45, 7) is 5.85. The molecule has 1 amide bonds. The van der Waals surface area contributed by atoms with Crippen molar-refractivity contribution < 1.29 is 13.4 Å². The number of amides is 1. The van der Waals surface area contributed by atoms with Crippen LogP contribution in [0.2, 0.25) is 5.02 Å². The highest BCUT2D eigenvalue weighted by atomic mass is 35.5. The third-order valence-corrected chi connectivity index (χ3v) is 7.25. The van der Waals surface area contributed by atoms with E-state index in [-0.39, 0.29) is 5.56 Å². The average molecular weight is 523 g/mol. The fourth-order valence-corrected chi connectivity index (χ4v) is 5.24. The molecule has 4 aromatic rings. The number of hydrogen-bond acceptors (Lipinski definition) is 4. The van der Waals surface area contributed by atoms with Crippen LogP contribution in [-0.2, 0) is 11.0 Å². The highest BCUT2D eigenvalue weighted by Gasteiger charge is 2.22. The summed E-state index contributed by atoms with van der Waals surface area (Å²) in [7, 11) is -1.16. The molecule has 2 aromatic heterocycles. The molecule has 6 nitrogen and oxygen atoms in total. The van der Waals surface area contributed by atoms with Gasteiger partial charge in [-0.05, 0) is 67.9 Å². The molecule has 1 N–H and O–H groups in total. The van der Waals surface area contributed by atoms with E-state index in [1.807, 2.05) is 25.1 Å². The molecule has 0 saturated carbocycles. The van der Waals surface area contributed by atoms with E-state index in [0.717, 1.165) is 17.3 Å². The van der Waals surface area contributed by atoms with Crippen molar-refractivity contribution in [1.29, 1.82) is 0 Å². The van der Waals surface area contributed by atoms with Crippen LogP contribution in [-0.4, -0.2) is 32.4 Å². The molecule has 184 valence electrons. The predicted octanol–water partition coefficient (Wildman–Crippen LogP) is 6.41. The molecule has 1 aliphatic heterocycles. The maximum absolute atomic E-state index is 14.7. The van der Waals surface area contributed by atoms with Crippen LogP contribution in [0.5, 0.6) is 0 Å². The summed E-state index contributed by atoms with van der Waals surface area (Å²) in [5.74, 6) is -0.702. The van der Waals surface area contributed by atoms with E-state index in [2.05, 4.69) is 21.9 Å². The van der Waals surface area contributed by atoms with Gasteiger partial charge in [0.2, 0.25) is 0 Å². The van der Waals surface area contributed by atoms with Gasteiger partial charge in [-0.2, -0.15) is 0 Å². The fraction of sp³-hybridized carbons (Fsp3) is 0.148. The number of hydrogen-bond donors (Lipinski definition) is 1. The van der Waals surface area contributed by atoms with Gasteiger partial charge in [0.15, 0.2) is 0 Å². The number of anilines is 2. The molecule has 0 radical (unpaired) electrons. The number of aromatic nitrogens is 2. The van der Waals surface area contributed by atoms with Gasteiger partial charge in [0.1, 0.15) is 16.8 Å². The van der Waals surface area contributed by atoms with Crippen molar-refractivity contribution in [3.8, 4) is 11.3 Å². The minimum atomic E-state index is -1.16. The summed E-state index contributed by atoms with van der Waals surface area (Å²) in [6.07, 6.45) is 5.93. The molecule has 0 aliphatic carbocycles. The van der Waals surface area contributed by atoms with Gasteiger partial charge in [-0.3, -0.25) is 14.1 Å². The first-order valence-electron chi connectivity index (χ1n) is 11.3. The maximum Gasteiger partial charge on any atom is 0.258 e. The Bertz CT molecular complexity index is 1460. The molecule has 0 spiro atoms. The maximum atomic E-state index is 14.7. The first-order chi connectivity index (χ1) is 17.4. The number of rotatable bonds is 4. The van der Waals surface area contributed by atoms with Crippen LogP contribution in [0.1, 0.15) is 23.7 Å². The molecule has 1 unspecified atom stereocenters. The molecule has 1 atom stereocenters. The lowest BCUT2D eigenvalue weighted by Gasteiger charge is -2.16. The van der Waals surface area contributed by atoms with Gasteiger partial charge in [0.25, 0.3) is 5.91 Å². The molecule has 9 heteroatoms. The Hall–Kier alpha value is -3.62. The number of pyridine rings is 2. The molecule has 36 heavy (non-hydrogen) atoms. The largest absolute Gasteiger partial charge is 0.322 e. The van der Waals surface area contributed by atoms with E-state index in [0.29, 0.717) is 40.0 Å². The second-order valence-electron chi connectivity index (χ2n) is 7.97. The SMILES string of the molecule is C=CC.O=C(Nc1ccc(Cl)c(-c2ccc3cnccc3n2)c1)c1ccc(N2CCCS2=O)cc1F. The van der Waals surface area contributed by atoms with Gasteiger partial charge in [-0.25, -0.2) is 13.6 Å². The summed E-state index contributed by atoms with van der Waals surface area (Å²) in [6, 6.07) is 14.8. The predicted molar refractivity (Wildman–Crippen MR) is 145 cm³/mol. The van der Waals surface area contributed by atoms with Crippen LogP contribution in [0.3, 0.4) is 0 Å². The second-order valence-corrected chi connectivity index (χ2v) is 9.87. The normalized spacial score (nSPS) is 14.8. The molecular weight excluding hydrogens is 499 g/mol. The minimum absolute atomic E-state index is 0.100. The number of allylic oxidation sites excluding steroid dienone is 1. The molecule has 5 rings (SSSR count). The zero-order valence-electron chi connectivity index (χ0n) is 19.6. The number of nitrogens with one attached hydrogen (secondary N) is 1. The number of carbonyl (C=O) groups is 1. The van der Waals surface area contributed by atoms with Crippen molar-refractivity contribution in [3.05, 3.63) is 96.0 Å². The van der Waals surface area contributed by atoms with Crippen LogP contribution < -0.4 is 9.62 Å². The standard InChI is InChI=1S/C24H18ClFN4O2S.C3H6/c25-20-6-3-16(12-19(20)23-7-2-15-14-27-9-8-22(15)29-23)28-24(31)18-5-4-17(13-21(18)26)30-10-1-11-33(30)32;1-3-2/h2-9,12-14H,1,10-11H2,(H,28,31);3H,1H2,2H3. The van der Waals surface area contributed by atoms with Gasteiger partial charge in [-0.1, -0.05) is 17.7 Å². The van der Waals surface area contributed by atoms with Crippen molar-refractivity contribution in [3.63, 3.8) is 0 Å². The van der Waals surface area contributed by atoms with Crippen molar-refractivity contribution >= 4 is 50.8 Å². The Morgan fingerprint density at radius 3 is 2.72 bits per heavy atom. The zero-order valence-corrected chi connectivity index (χ0v) is 21.2. The Balaban J connectivity index is 0.000000967. The van der Waals surface area contributed by atoms with Crippen LogP contribution in [0.15, 0.2) is 79.6 Å². The minimum Gasteiger partial charge on any atom is -0.322 e. The van der Waals surface area contributed by atoms with Gasteiger partial charge in [-0.15, -0.1) is 6.58 Å². The molecular formula is C27H24ClFN4O2S. The summed E-state index contributed by atoms with van der Waals surface area (Å²) < 4.78 is 28.4. The Morgan fingerprint density at radius 1 is 1.19 bits per heavy atom. The summed E-state index contributed by atoms with van der Waals surface area (Å²) >= 11 is 6.40. The first kappa shape index (κ1) is 25.5. The lowest BCUT2D eigenvalue weighted by atomic mass is 10.1. The second kappa shape index (κ2) is 11.4. The third kappa shape index (κ3) is 5.61. The van der Waals surface area contributed by atoms with E-state index in [4.69, 9.17) is 11.6 Å². The van der Waals surface area contributed by atoms with Crippen molar-refractivity contribution in [2.24, 2.45) is 0 Å². The number of nitrogens with zero attached hydrogens (tertiary/aromatic N) is 3. The highest BCUT2D eigenvalue weighted by molar-refractivity contribution is 7.86. The fourth-order valence-electron chi connectivity index (χ4n) is 3.75. The molecule has 1 aliphatic rings. The summed E-state index contributed by atoms with van der Waals surface area (Å²) in [5.41, 5.74) is 2.92. The van der Waals surface area contributed by atoms with Crippen LogP contribution in [0, 0.1) is 5.82 Å². The van der Waals surface area contributed by atoms with Crippen LogP contribution in [0.25, 0.3) is 22.2 Å². The monoisotopic (exact) mass is 522 g/mol. The van der Waals surface area contributed by atoms with Crippen LogP contribution >= 0.6 is 11.6 Å². The van der Waals surface area contributed by atoms with Crippen LogP contribution in [0.4, 0.5) is 15.8 Å². The quantitative estimate of drug-likeness (QED) is 0.314.